The maximum absolute atomic E-state index is 2.45. The first-order valence-corrected chi connectivity index (χ1v) is 5.82. The zero-order valence-corrected chi connectivity index (χ0v) is 9.39. The van der Waals surface area contributed by atoms with Crippen LogP contribution >= 0.6 is 0 Å². The van der Waals surface area contributed by atoms with Crippen molar-refractivity contribution in [1.29, 1.82) is 0 Å². The van der Waals surface area contributed by atoms with Crippen LogP contribution in [-0.2, 0) is 6.42 Å². The minimum absolute atomic E-state index is 0.733. The Balaban J connectivity index is 1.85. The van der Waals surface area contributed by atoms with Gasteiger partial charge in [0.15, 0.2) is 0 Å². The largest absolute Gasteiger partial charge is 0.375 e. The summed E-state index contributed by atoms with van der Waals surface area (Å²) in [4.78, 5) is 2.45. The van der Waals surface area contributed by atoms with Gasteiger partial charge in [-0.1, -0.05) is 36.4 Å². The van der Waals surface area contributed by atoms with Crippen molar-refractivity contribution in [3.63, 3.8) is 0 Å². The number of likely N-dealkylation sites (tertiary alicyclic amines) is 1. The van der Waals surface area contributed by atoms with Crippen LogP contribution in [-0.4, -0.2) is 17.5 Å². The highest BCUT2D eigenvalue weighted by atomic mass is 15.1. The smallest absolute Gasteiger partial charge is 0.0256 e. The maximum Gasteiger partial charge on any atom is 0.0256 e. The van der Waals surface area contributed by atoms with Gasteiger partial charge in [0.05, 0.1) is 0 Å². The summed E-state index contributed by atoms with van der Waals surface area (Å²) in [6.07, 6.45) is 8.28. The third-order valence-corrected chi connectivity index (χ3v) is 3.10. The third kappa shape index (κ3) is 2.85. The first-order valence-electron chi connectivity index (χ1n) is 5.82. The lowest BCUT2D eigenvalue weighted by atomic mass is 10.1. The fraction of sp³-hybridized carbons (Fsp3) is 0.429. The van der Waals surface area contributed by atoms with Crippen LogP contribution in [0, 0.1) is 0 Å². The molecule has 2 rings (SSSR count). The van der Waals surface area contributed by atoms with Crippen LogP contribution in [0.15, 0.2) is 42.6 Å². The lowest BCUT2D eigenvalue weighted by molar-refractivity contribution is 0.371. The quantitative estimate of drug-likeness (QED) is 0.725. The van der Waals surface area contributed by atoms with Gasteiger partial charge in [-0.2, -0.15) is 0 Å². The first kappa shape index (κ1) is 10.3. The summed E-state index contributed by atoms with van der Waals surface area (Å²) in [5.41, 5.74) is 1.39. The van der Waals surface area contributed by atoms with Crippen molar-refractivity contribution in [2.24, 2.45) is 0 Å². The van der Waals surface area contributed by atoms with E-state index in [0.29, 0.717) is 0 Å². The summed E-state index contributed by atoms with van der Waals surface area (Å²) >= 11 is 0. The van der Waals surface area contributed by atoms with E-state index >= 15 is 0 Å². The summed E-state index contributed by atoms with van der Waals surface area (Å²) in [5.74, 6) is 0. The molecule has 0 spiro atoms. The molecule has 1 heterocycles. The van der Waals surface area contributed by atoms with Crippen LogP contribution in [0.25, 0.3) is 0 Å². The molecule has 0 saturated carbocycles. The van der Waals surface area contributed by atoms with E-state index in [4.69, 9.17) is 0 Å². The Morgan fingerprint density at radius 2 is 2.13 bits per heavy atom. The molecule has 1 aliphatic rings. The molecular weight excluding hydrogens is 182 g/mol. The lowest BCUT2D eigenvalue weighted by Crippen LogP contribution is -2.20. The summed E-state index contributed by atoms with van der Waals surface area (Å²) < 4.78 is 0. The van der Waals surface area contributed by atoms with E-state index < -0.39 is 0 Å². The third-order valence-electron chi connectivity index (χ3n) is 3.10. The van der Waals surface area contributed by atoms with Gasteiger partial charge in [-0.25, -0.2) is 0 Å². The molecule has 0 N–H and O–H groups in total. The van der Waals surface area contributed by atoms with E-state index in [1.165, 1.54) is 24.9 Å². The molecule has 0 unspecified atom stereocenters. The van der Waals surface area contributed by atoms with Crippen molar-refractivity contribution in [1.82, 2.24) is 4.90 Å². The molecule has 0 bridgehead atoms. The lowest BCUT2D eigenvalue weighted by Gasteiger charge is -2.18. The van der Waals surface area contributed by atoms with E-state index in [9.17, 15) is 0 Å². The van der Waals surface area contributed by atoms with Crippen LogP contribution in [0.4, 0.5) is 0 Å². The van der Waals surface area contributed by atoms with Crippen molar-refractivity contribution in [3.05, 3.63) is 48.2 Å². The van der Waals surface area contributed by atoms with Crippen LogP contribution < -0.4 is 0 Å². The van der Waals surface area contributed by atoms with Crippen molar-refractivity contribution in [2.45, 2.75) is 32.2 Å². The Labute approximate surface area is 92.4 Å². The molecule has 1 atom stereocenters. The molecule has 15 heavy (non-hydrogen) atoms. The molecule has 0 aliphatic carbocycles. The minimum Gasteiger partial charge on any atom is -0.375 e. The van der Waals surface area contributed by atoms with Crippen molar-refractivity contribution >= 4 is 0 Å². The summed E-state index contributed by atoms with van der Waals surface area (Å²) in [7, 11) is 0. The molecule has 1 nitrogen and oxygen atoms in total. The highest BCUT2D eigenvalue weighted by Crippen LogP contribution is 2.16. The summed E-state index contributed by atoms with van der Waals surface area (Å²) in [6, 6.07) is 11.4. The van der Waals surface area contributed by atoms with E-state index in [1.54, 1.807) is 0 Å². The minimum atomic E-state index is 0.733. The fourth-order valence-electron chi connectivity index (χ4n) is 2.12. The second-order valence-electron chi connectivity index (χ2n) is 4.30. The molecule has 0 aromatic heterocycles. The molecule has 1 fully saturated rings. The van der Waals surface area contributed by atoms with E-state index in [-0.39, 0.29) is 0 Å². The van der Waals surface area contributed by atoms with Gasteiger partial charge in [-0.15, -0.1) is 0 Å². The molecule has 0 radical (unpaired) electrons. The van der Waals surface area contributed by atoms with Crippen LogP contribution in [0.5, 0.6) is 0 Å². The zero-order chi connectivity index (χ0) is 10.5. The van der Waals surface area contributed by atoms with Crippen molar-refractivity contribution < 1.29 is 0 Å². The van der Waals surface area contributed by atoms with Crippen molar-refractivity contribution in [2.75, 3.05) is 6.54 Å². The van der Waals surface area contributed by atoms with Crippen LogP contribution in [0.2, 0.25) is 0 Å². The number of hydrogen-bond acceptors (Lipinski definition) is 1. The van der Waals surface area contributed by atoms with Gasteiger partial charge < -0.3 is 4.90 Å². The molecule has 0 amide bonds. The first-order chi connectivity index (χ1) is 7.36. The second-order valence-corrected chi connectivity index (χ2v) is 4.30. The molecule has 80 valence electrons. The average molecular weight is 201 g/mol. The Morgan fingerprint density at radius 3 is 2.80 bits per heavy atom. The predicted molar refractivity (Wildman–Crippen MR) is 64.7 cm³/mol. The van der Waals surface area contributed by atoms with Crippen LogP contribution in [0.3, 0.4) is 0 Å². The Bertz CT molecular complexity index is 315. The average Bonchev–Trinajstić information content (AvgIpc) is 2.66. The standard InChI is InChI=1S/C14H19N/c1-13-7-5-11-15(13)12-6-10-14-8-3-2-4-9-14/h2-4,6,8-9,12-13H,5,7,10-11H2,1H3/b12-6+/t13-/m1/s1. The SMILES string of the molecule is C[C@@H]1CCCN1/C=C/Cc1ccccc1. The number of nitrogens with zero attached hydrogens (tertiary/aromatic N) is 1. The summed E-state index contributed by atoms with van der Waals surface area (Å²) in [6.45, 7) is 3.53. The number of benzene rings is 1. The monoisotopic (exact) mass is 201 g/mol. The topological polar surface area (TPSA) is 3.24 Å². The van der Waals surface area contributed by atoms with E-state index in [0.717, 1.165) is 12.5 Å². The molecule has 1 heteroatoms. The molecule has 1 aromatic carbocycles. The summed E-state index contributed by atoms with van der Waals surface area (Å²) in [5, 5.41) is 0. The van der Waals surface area contributed by atoms with Gasteiger partial charge in [0.25, 0.3) is 0 Å². The highest BCUT2D eigenvalue weighted by molar-refractivity contribution is 5.17. The van der Waals surface area contributed by atoms with Gasteiger partial charge in [0.2, 0.25) is 0 Å². The molecule has 1 aliphatic heterocycles. The van der Waals surface area contributed by atoms with Crippen molar-refractivity contribution in [3.8, 4) is 0 Å². The van der Waals surface area contributed by atoms with Gasteiger partial charge >= 0.3 is 0 Å². The number of hydrogen-bond donors (Lipinski definition) is 0. The maximum atomic E-state index is 2.45. The number of allylic oxidation sites excluding steroid dienone is 1. The fourth-order valence-corrected chi connectivity index (χ4v) is 2.12. The molecule has 1 aromatic rings. The van der Waals surface area contributed by atoms with Gasteiger partial charge in [0.1, 0.15) is 0 Å². The second kappa shape index (κ2) is 5.01. The van der Waals surface area contributed by atoms with Gasteiger partial charge in [-0.05, 0) is 37.9 Å². The number of rotatable bonds is 3. The normalized spacial score (nSPS) is 21.4. The Morgan fingerprint density at radius 1 is 1.33 bits per heavy atom. The van der Waals surface area contributed by atoms with Crippen LogP contribution in [0.1, 0.15) is 25.3 Å². The Hall–Kier alpha value is -1.24. The highest BCUT2D eigenvalue weighted by Gasteiger charge is 2.15. The predicted octanol–water partition coefficient (Wildman–Crippen LogP) is 3.23. The Kier molecular flexibility index (Phi) is 3.44. The van der Waals surface area contributed by atoms with Gasteiger partial charge in [-0.3, -0.25) is 0 Å². The van der Waals surface area contributed by atoms with E-state index in [2.05, 4.69) is 54.4 Å². The van der Waals surface area contributed by atoms with Gasteiger partial charge in [0, 0.05) is 12.6 Å². The zero-order valence-electron chi connectivity index (χ0n) is 9.39. The molecular formula is C14H19N. The molecule has 1 saturated heterocycles. The van der Waals surface area contributed by atoms with E-state index in [1.807, 2.05) is 0 Å².